The second-order valence-corrected chi connectivity index (χ2v) is 42.7. The third-order valence-corrected chi connectivity index (χ3v) is 29.6. The lowest BCUT2D eigenvalue weighted by molar-refractivity contribution is 0.289. The van der Waals surface area contributed by atoms with E-state index in [1.165, 1.54) is 360 Å². The van der Waals surface area contributed by atoms with E-state index in [0.29, 0.717) is 52.9 Å². The van der Waals surface area contributed by atoms with E-state index in [-0.39, 0.29) is 0 Å². The smallest absolute Gasteiger partial charge is 0.123 e. The zero-order chi connectivity index (χ0) is 101. The summed E-state index contributed by atoms with van der Waals surface area (Å²) in [6.45, 7) is 23.4. The third kappa shape index (κ3) is 48.9. The largest absolute Gasteiger partial charge is 0.493 e. The van der Waals surface area contributed by atoms with Gasteiger partial charge in [0.1, 0.15) is 46.0 Å². The van der Waals surface area contributed by atoms with E-state index in [1.807, 2.05) is 0 Å². The van der Waals surface area contributed by atoms with E-state index in [0.717, 1.165) is 238 Å². The summed E-state index contributed by atoms with van der Waals surface area (Å²) in [5, 5.41) is 0. The zero-order valence-corrected chi connectivity index (χ0v) is 93.3. The highest BCUT2D eigenvalue weighted by Gasteiger charge is 2.24. The van der Waals surface area contributed by atoms with Gasteiger partial charge in [0.25, 0.3) is 0 Å². The third-order valence-electron chi connectivity index (χ3n) is 29.6. The number of nitrogens with zero attached hydrogens (tertiary/aromatic N) is 2. The molecule has 4 aromatic carbocycles. The maximum atomic E-state index is 7.04. The van der Waals surface area contributed by atoms with Gasteiger partial charge in [0.15, 0.2) is 0 Å². The van der Waals surface area contributed by atoms with Crippen molar-refractivity contribution in [1.82, 2.24) is 19.9 Å². The van der Waals surface area contributed by atoms with Crippen molar-refractivity contribution in [2.45, 2.75) is 518 Å². The molecule has 0 atom stereocenters. The van der Waals surface area contributed by atoms with Crippen LogP contribution in [-0.4, -0.2) is 72.8 Å². The van der Waals surface area contributed by atoms with Crippen LogP contribution in [0.15, 0.2) is 97.1 Å². The van der Waals surface area contributed by atoms with Gasteiger partial charge < -0.3 is 47.9 Å². The molecule has 2 N–H and O–H groups in total. The van der Waals surface area contributed by atoms with Gasteiger partial charge in [-0.15, -0.1) is 0 Å². The number of nitrogens with one attached hydrogen (secondary N) is 2. The quantitative estimate of drug-likeness (QED) is 0.0355. The molecule has 9 rings (SSSR count). The molecular weight excluding hydrogens is 1770 g/mol. The minimum atomic E-state index is 0.618. The van der Waals surface area contributed by atoms with Crippen molar-refractivity contribution >= 4 is 46.4 Å². The minimum absolute atomic E-state index is 0.618. The van der Waals surface area contributed by atoms with Crippen LogP contribution >= 0.6 is 0 Å². The average Bonchev–Trinajstić information content (AvgIpc) is 1.60. The van der Waals surface area contributed by atoms with Crippen LogP contribution in [0, 0.1) is 0 Å². The standard InChI is InChI=1S/C132H206N4O8/c1-9-17-25-33-41-49-57-65-73-89-137-113-97-109(98-114(105-113)138-90-74-66-58-50-42-34-26-18-10-2)129-121-81-83-123(133-121)130(110-99-115(139-91-75-67-59-51-43-35-27-19-11-3)106-116(100-110)140-92-76-68-60-52-44-36-28-20-12-4)125-85-87-127(135-125)132(112-103-119(143-95-79-71-63-55-47-39-31-23-15-7)108-120(104-112)144-96-80-72-64-56-48-40-32-24-16-8)128-88-86-126(136-128)131(124-84-82-122(129)134-124)111-101-117(141-93-77-69-61-53-45-37-29-21-13-5)107-118(102-111)142-94-78-70-62-54-46-38-30-22-14-6/h81-88,97-108,133,136H,9-80,89-96H2,1-8H3. The summed E-state index contributed by atoms with van der Waals surface area (Å²) in [5.74, 6) is 6.36. The molecule has 0 spiro atoms. The summed E-state index contributed by atoms with van der Waals surface area (Å²) in [6.07, 6.45) is 98.4. The SMILES string of the molecule is CCCCCCCCCCCOc1cc(OCCCCCCCCCCC)cc(-c2c3nc(c(-c4cc(OCCCCCCCCCCC)cc(OCCCCCCCCCCC)c4)c4ccc([nH]4)c(-c4cc(OCCCCCCCCCCC)cc(OCCCCCCCCCCC)c4)c4nc(c(-c5cc(OCCCCCCCCCCC)cc(OCCCCCCCCCCC)c5)c5ccc2[nH]5)C=C4)C=C3)c1. The number of benzene rings is 4. The Morgan fingerprint density at radius 3 is 0.396 bits per heavy atom. The van der Waals surface area contributed by atoms with Crippen molar-refractivity contribution in [3.63, 3.8) is 0 Å². The molecule has 2 aliphatic rings. The number of H-pyrrole nitrogens is 2. The van der Waals surface area contributed by atoms with Crippen LogP contribution in [0.2, 0.25) is 0 Å². The van der Waals surface area contributed by atoms with Crippen LogP contribution in [0.5, 0.6) is 46.0 Å². The molecule has 0 unspecified atom stereocenters. The molecule has 5 heterocycles. The Labute approximate surface area is 879 Å². The lowest BCUT2D eigenvalue weighted by Gasteiger charge is -2.15. The number of ether oxygens (including phenoxy) is 8. The second kappa shape index (κ2) is 78.2. The van der Waals surface area contributed by atoms with Crippen LogP contribution in [0.25, 0.3) is 90.9 Å². The Balaban J connectivity index is 1.29. The van der Waals surface area contributed by atoms with E-state index >= 15 is 0 Å². The van der Waals surface area contributed by atoms with Crippen molar-refractivity contribution in [3.05, 3.63) is 120 Å². The average molecular weight is 1980 g/mol. The Hall–Kier alpha value is -8.12. The Bertz CT molecular complexity index is 3960. The number of aromatic nitrogens is 4. The topological polar surface area (TPSA) is 131 Å². The van der Waals surface area contributed by atoms with Crippen molar-refractivity contribution in [2.75, 3.05) is 52.9 Å². The molecule has 7 aromatic rings. The second-order valence-electron chi connectivity index (χ2n) is 42.7. The monoisotopic (exact) mass is 1980 g/mol. The zero-order valence-electron chi connectivity index (χ0n) is 93.3. The number of rotatable bonds is 92. The number of fused-ring (bicyclic) bond motifs is 8. The predicted molar refractivity (Wildman–Crippen MR) is 622 cm³/mol. The molecule has 12 heteroatoms. The van der Waals surface area contributed by atoms with Gasteiger partial charge in [-0.3, -0.25) is 0 Å². The molecule has 2 aliphatic heterocycles. The van der Waals surface area contributed by atoms with E-state index in [4.69, 9.17) is 47.9 Å². The molecule has 144 heavy (non-hydrogen) atoms. The van der Waals surface area contributed by atoms with Gasteiger partial charge in [-0.1, -0.05) is 466 Å². The molecule has 12 nitrogen and oxygen atoms in total. The highest BCUT2D eigenvalue weighted by molar-refractivity contribution is 6.00. The first-order valence-electron chi connectivity index (χ1n) is 61.1. The van der Waals surface area contributed by atoms with E-state index in [1.54, 1.807) is 0 Å². The number of hydrogen-bond acceptors (Lipinski definition) is 10. The van der Waals surface area contributed by atoms with Crippen LogP contribution in [-0.2, 0) is 0 Å². The van der Waals surface area contributed by atoms with Crippen LogP contribution < -0.4 is 37.9 Å². The maximum absolute atomic E-state index is 7.04. The normalized spacial score (nSPS) is 11.8. The summed E-state index contributed by atoms with van der Waals surface area (Å²) in [4.78, 5) is 20.5. The number of hydrogen-bond donors (Lipinski definition) is 2. The molecule has 802 valence electrons. The molecule has 8 bridgehead atoms. The first-order valence-corrected chi connectivity index (χ1v) is 61.1. The fourth-order valence-electron chi connectivity index (χ4n) is 20.8. The van der Waals surface area contributed by atoms with Gasteiger partial charge in [0.2, 0.25) is 0 Å². The molecule has 0 radical (unpaired) electrons. The van der Waals surface area contributed by atoms with Crippen molar-refractivity contribution < 1.29 is 37.9 Å². The minimum Gasteiger partial charge on any atom is -0.493 e. The first kappa shape index (κ1) is 119. The first-order chi connectivity index (χ1) is 71.3. The van der Waals surface area contributed by atoms with Crippen molar-refractivity contribution in [1.29, 1.82) is 0 Å². The van der Waals surface area contributed by atoms with Crippen molar-refractivity contribution in [3.8, 4) is 90.5 Å². The van der Waals surface area contributed by atoms with E-state index in [9.17, 15) is 0 Å². The molecule has 0 saturated carbocycles. The maximum Gasteiger partial charge on any atom is 0.123 e. The number of aromatic amines is 2. The highest BCUT2D eigenvalue weighted by Crippen LogP contribution is 2.45. The summed E-state index contributed by atoms with van der Waals surface area (Å²) in [7, 11) is 0. The van der Waals surface area contributed by atoms with E-state index < -0.39 is 0 Å². The molecule has 3 aromatic heterocycles. The van der Waals surface area contributed by atoms with Gasteiger partial charge in [0.05, 0.1) is 75.6 Å². The van der Waals surface area contributed by atoms with Gasteiger partial charge >= 0.3 is 0 Å². The van der Waals surface area contributed by atoms with Crippen LogP contribution in [0.1, 0.15) is 540 Å². The van der Waals surface area contributed by atoms with Crippen molar-refractivity contribution in [2.24, 2.45) is 0 Å². The Morgan fingerprint density at radius 1 is 0.153 bits per heavy atom. The fourth-order valence-corrected chi connectivity index (χ4v) is 20.8. The van der Waals surface area contributed by atoms with Gasteiger partial charge in [-0.05, 0) is 171 Å². The van der Waals surface area contributed by atoms with Crippen LogP contribution in [0.3, 0.4) is 0 Å². The molecule has 0 saturated heterocycles. The predicted octanol–water partition coefficient (Wildman–Crippen LogP) is 42.6. The molecule has 0 aliphatic carbocycles. The van der Waals surface area contributed by atoms with E-state index in [2.05, 4.69) is 187 Å². The summed E-state index contributed by atoms with van der Waals surface area (Å²) < 4.78 is 56.3. The van der Waals surface area contributed by atoms with Gasteiger partial charge in [-0.2, -0.15) is 0 Å². The summed E-state index contributed by atoms with van der Waals surface area (Å²) >= 11 is 0. The molecule has 0 amide bonds. The Kier molecular flexibility index (Phi) is 64.8. The van der Waals surface area contributed by atoms with Gasteiger partial charge in [-0.25, -0.2) is 9.97 Å². The highest BCUT2D eigenvalue weighted by atomic mass is 16.5. The Morgan fingerprint density at radius 2 is 0.271 bits per heavy atom. The molecular formula is C132H206N4O8. The lowest BCUT2D eigenvalue weighted by atomic mass is 10.0. The number of unbranched alkanes of at least 4 members (excludes halogenated alkanes) is 64. The van der Waals surface area contributed by atoms with Gasteiger partial charge in [0, 0.05) is 68.6 Å². The summed E-state index contributed by atoms with van der Waals surface area (Å²) in [5.41, 5.74) is 14.4. The fraction of sp³-hybridized carbons (Fsp3) is 0.667. The summed E-state index contributed by atoms with van der Waals surface area (Å²) in [6, 6.07) is 35.6. The lowest BCUT2D eigenvalue weighted by Crippen LogP contribution is -2.01. The van der Waals surface area contributed by atoms with Crippen LogP contribution in [0.4, 0.5) is 0 Å². The molecule has 0 fully saturated rings.